The van der Waals surface area contributed by atoms with Crippen molar-refractivity contribution in [3.63, 3.8) is 0 Å². The number of tetrazole rings is 1. The zero-order chi connectivity index (χ0) is 19.4. The molecule has 2 heterocycles. The van der Waals surface area contributed by atoms with Gasteiger partial charge in [0.05, 0.1) is 18.7 Å². The Labute approximate surface area is 156 Å². The fourth-order valence-corrected chi connectivity index (χ4v) is 3.05. The number of hydrogen-bond donors (Lipinski definition) is 2. The van der Waals surface area contributed by atoms with Gasteiger partial charge >= 0.3 is 6.03 Å². The zero-order valence-corrected chi connectivity index (χ0v) is 15.6. The first-order valence-electron chi connectivity index (χ1n) is 8.80. The van der Waals surface area contributed by atoms with Gasteiger partial charge in [0.25, 0.3) is 0 Å². The number of anilines is 1. The summed E-state index contributed by atoms with van der Waals surface area (Å²) >= 11 is 0. The van der Waals surface area contributed by atoms with Gasteiger partial charge in [-0.05, 0) is 36.8 Å². The van der Waals surface area contributed by atoms with E-state index in [0.29, 0.717) is 49.0 Å². The number of hydrogen-bond acceptors (Lipinski definition) is 6. The Balaban J connectivity index is 1.73. The average Bonchev–Trinajstić information content (AvgIpc) is 3.30. The van der Waals surface area contributed by atoms with Crippen molar-refractivity contribution in [2.24, 2.45) is 5.92 Å². The Morgan fingerprint density at radius 3 is 2.81 bits per heavy atom. The van der Waals surface area contributed by atoms with Crippen molar-refractivity contribution in [1.29, 1.82) is 0 Å². The second kappa shape index (κ2) is 8.02. The zero-order valence-electron chi connectivity index (χ0n) is 15.6. The van der Waals surface area contributed by atoms with Crippen molar-refractivity contribution in [1.82, 2.24) is 30.4 Å². The van der Waals surface area contributed by atoms with Gasteiger partial charge in [0.15, 0.2) is 5.82 Å². The SMILES string of the molecule is CCNC(=O)[C@@H]1CCN(C(=O)Nc2cc(OC)cc(-n3nnnc3C)c2)C1. The summed E-state index contributed by atoms with van der Waals surface area (Å²) in [5.74, 6) is 1.01. The van der Waals surface area contributed by atoms with E-state index in [1.54, 1.807) is 41.8 Å². The Kier molecular flexibility index (Phi) is 5.53. The van der Waals surface area contributed by atoms with Crippen LogP contribution in [-0.2, 0) is 4.79 Å². The topological polar surface area (TPSA) is 114 Å². The highest BCUT2D eigenvalue weighted by Gasteiger charge is 2.30. The van der Waals surface area contributed by atoms with Gasteiger partial charge in [-0.3, -0.25) is 4.79 Å². The Bertz CT molecular complexity index is 836. The van der Waals surface area contributed by atoms with Crippen LogP contribution >= 0.6 is 0 Å². The van der Waals surface area contributed by atoms with Gasteiger partial charge in [0.2, 0.25) is 5.91 Å². The molecule has 0 aliphatic carbocycles. The van der Waals surface area contributed by atoms with Gasteiger partial charge in [-0.2, -0.15) is 4.68 Å². The van der Waals surface area contributed by atoms with Gasteiger partial charge in [-0.15, -0.1) is 5.10 Å². The molecule has 1 atom stereocenters. The molecule has 27 heavy (non-hydrogen) atoms. The predicted molar refractivity (Wildman–Crippen MR) is 97.8 cm³/mol. The number of carbonyl (C=O) groups is 2. The molecule has 10 nitrogen and oxygen atoms in total. The molecule has 0 unspecified atom stereocenters. The summed E-state index contributed by atoms with van der Waals surface area (Å²) in [6.07, 6.45) is 0.659. The summed E-state index contributed by atoms with van der Waals surface area (Å²) in [5, 5.41) is 17.1. The van der Waals surface area contributed by atoms with Crippen molar-refractivity contribution < 1.29 is 14.3 Å². The van der Waals surface area contributed by atoms with E-state index in [4.69, 9.17) is 4.74 Å². The number of nitrogens with zero attached hydrogens (tertiary/aromatic N) is 5. The summed E-state index contributed by atoms with van der Waals surface area (Å²) in [7, 11) is 1.55. The third-order valence-corrected chi connectivity index (χ3v) is 4.45. The molecular weight excluding hydrogens is 350 g/mol. The number of carbonyl (C=O) groups excluding carboxylic acids is 2. The molecule has 2 aromatic rings. The second-order valence-corrected chi connectivity index (χ2v) is 6.31. The number of aryl methyl sites for hydroxylation is 1. The van der Waals surface area contributed by atoms with Gasteiger partial charge < -0.3 is 20.3 Å². The number of aromatic nitrogens is 4. The van der Waals surface area contributed by atoms with E-state index < -0.39 is 0 Å². The fourth-order valence-electron chi connectivity index (χ4n) is 3.05. The number of likely N-dealkylation sites (tertiary alicyclic amines) is 1. The van der Waals surface area contributed by atoms with Crippen LogP contribution in [0.5, 0.6) is 5.75 Å². The molecule has 10 heteroatoms. The summed E-state index contributed by atoms with van der Waals surface area (Å²) in [4.78, 5) is 26.2. The van der Waals surface area contributed by atoms with Crippen LogP contribution < -0.4 is 15.4 Å². The van der Waals surface area contributed by atoms with E-state index in [0.717, 1.165) is 0 Å². The first-order valence-corrected chi connectivity index (χ1v) is 8.80. The maximum Gasteiger partial charge on any atom is 0.321 e. The van der Waals surface area contributed by atoms with E-state index >= 15 is 0 Å². The van der Waals surface area contributed by atoms with Crippen molar-refractivity contribution in [2.75, 3.05) is 32.1 Å². The summed E-state index contributed by atoms with van der Waals surface area (Å²) in [6.45, 7) is 5.19. The van der Waals surface area contributed by atoms with Crippen LogP contribution in [-0.4, -0.2) is 63.8 Å². The van der Waals surface area contributed by atoms with Crippen LogP contribution in [0.2, 0.25) is 0 Å². The summed E-state index contributed by atoms with van der Waals surface area (Å²) < 4.78 is 6.87. The largest absolute Gasteiger partial charge is 0.497 e. The molecule has 3 amide bonds. The minimum absolute atomic E-state index is 0.00868. The number of amides is 3. The highest BCUT2D eigenvalue weighted by atomic mass is 16.5. The second-order valence-electron chi connectivity index (χ2n) is 6.31. The first kappa shape index (κ1) is 18.6. The molecule has 1 aliphatic rings. The lowest BCUT2D eigenvalue weighted by atomic mass is 10.1. The monoisotopic (exact) mass is 373 g/mol. The average molecular weight is 373 g/mol. The van der Waals surface area contributed by atoms with Crippen molar-refractivity contribution >= 4 is 17.6 Å². The lowest BCUT2D eigenvalue weighted by Gasteiger charge is -2.18. The summed E-state index contributed by atoms with van der Waals surface area (Å²) in [6, 6.07) is 5.01. The van der Waals surface area contributed by atoms with Gasteiger partial charge in [-0.25, -0.2) is 4.79 Å². The van der Waals surface area contributed by atoms with Crippen LogP contribution in [0, 0.1) is 12.8 Å². The van der Waals surface area contributed by atoms with Crippen molar-refractivity contribution in [2.45, 2.75) is 20.3 Å². The van der Waals surface area contributed by atoms with Crippen molar-refractivity contribution in [3.8, 4) is 11.4 Å². The Morgan fingerprint density at radius 1 is 1.33 bits per heavy atom. The molecule has 1 aliphatic heterocycles. The molecule has 1 fully saturated rings. The molecule has 3 rings (SSSR count). The quantitative estimate of drug-likeness (QED) is 0.807. The number of methoxy groups -OCH3 is 1. The highest BCUT2D eigenvalue weighted by Crippen LogP contribution is 2.25. The molecule has 0 radical (unpaired) electrons. The molecular formula is C17H23N7O3. The van der Waals surface area contributed by atoms with E-state index in [-0.39, 0.29) is 17.9 Å². The Hall–Kier alpha value is -3.17. The third kappa shape index (κ3) is 4.15. The number of rotatable bonds is 5. The molecule has 0 bridgehead atoms. The van der Waals surface area contributed by atoms with E-state index in [2.05, 4.69) is 26.2 Å². The molecule has 1 aromatic carbocycles. The lowest BCUT2D eigenvalue weighted by Crippen LogP contribution is -2.36. The highest BCUT2D eigenvalue weighted by molar-refractivity contribution is 5.91. The molecule has 1 aromatic heterocycles. The van der Waals surface area contributed by atoms with Gasteiger partial charge in [0, 0.05) is 37.5 Å². The van der Waals surface area contributed by atoms with Crippen molar-refractivity contribution in [3.05, 3.63) is 24.0 Å². The van der Waals surface area contributed by atoms with Crippen LogP contribution in [0.15, 0.2) is 18.2 Å². The molecule has 0 saturated carbocycles. The molecule has 0 spiro atoms. The molecule has 1 saturated heterocycles. The smallest absolute Gasteiger partial charge is 0.321 e. The minimum Gasteiger partial charge on any atom is -0.497 e. The molecule has 2 N–H and O–H groups in total. The van der Waals surface area contributed by atoms with Gasteiger partial charge in [0.1, 0.15) is 5.75 Å². The van der Waals surface area contributed by atoms with Crippen LogP contribution in [0.1, 0.15) is 19.2 Å². The predicted octanol–water partition coefficient (Wildman–Crippen LogP) is 0.969. The van der Waals surface area contributed by atoms with E-state index in [1.807, 2.05) is 6.92 Å². The van der Waals surface area contributed by atoms with Crippen LogP contribution in [0.4, 0.5) is 10.5 Å². The maximum absolute atomic E-state index is 12.6. The van der Waals surface area contributed by atoms with E-state index in [1.165, 1.54) is 0 Å². The number of ether oxygens (including phenoxy) is 1. The molecule has 144 valence electrons. The standard InChI is InChI=1S/C17H23N7O3/c1-4-18-16(25)12-5-6-23(10-12)17(26)19-13-7-14(9-15(8-13)27-3)24-11(2)20-21-22-24/h7-9,12H,4-6,10H2,1-3H3,(H,18,25)(H,19,26)/t12-/m1/s1. The first-order chi connectivity index (χ1) is 13.0. The fraction of sp³-hybridized carbons (Fsp3) is 0.471. The van der Waals surface area contributed by atoms with Crippen LogP contribution in [0.25, 0.3) is 5.69 Å². The van der Waals surface area contributed by atoms with Crippen LogP contribution in [0.3, 0.4) is 0 Å². The normalized spacial score (nSPS) is 16.3. The number of urea groups is 1. The number of benzene rings is 1. The van der Waals surface area contributed by atoms with E-state index in [9.17, 15) is 9.59 Å². The summed E-state index contributed by atoms with van der Waals surface area (Å²) in [5.41, 5.74) is 1.24. The van der Waals surface area contributed by atoms with Gasteiger partial charge in [-0.1, -0.05) is 0 Å². The minimum atomic E-state index is -0.255. The Morgan fingerprint density at radius 2 is 2.15 bits per heavy atom. The third-order valence-electron chi connectivity index (χ3n) is 4.45. The maximum atomic E-state index is 12.6. The number of nitrogens with one attached hydrogen (secondary N) is 2. The lowest BCUT2D eigenvalue weighted by molar-refractivity contribution is -0.124.